The first-order valence-corrected chi connectivity index (χ1v) is 17.6. The fraction of sp³-hybridized carbons (Fsp3) is 0.710. The Bertz CT molecular complexity index is 1360. The zero-order valence-corrected chi connectivity index (χ0v) is 27.4. The number of amidine groups is 1. The summed E-state index contributed by atoms with van der Waals surface area (Å²) in [7, 11) is -3.64. The molecule has 0 radical (unpaired) electrons. The van der Waals surface area contributed by atoms with Crippen molar-refractivity contribution in [3.05, 3.63) is 28.8 Å². The highest BCUT2D eigenvalue weighted by molar-refractivity contribution is 7.89. The van der Waals surface area contributed by atoms with Gasteiger partial charge < -0.3 is 20.9 Å². The van der Waals surface area contributed by atoms with E-state index in [0.29, 0.717) is 37.2 Å². The number of piperidine rings is 1. The van der Waals surface area contributed by atoms with Crippen LogP contribution in [0.15, 0.2) is 17.1 Å². The van der Waals surface area contributed by atoms with Crippen LogP contribution >= 0.6 is 0 Å². The molecule has 46 heavy (non-hydrogen) atoms. The van der Waals surface area contributed by atoms with Crippen molar-refractivity contribution in [3.63, 3.8) is 0 Å². The Morgan fingerprint density at radius 1 is 1.15 bits per heavy atom. The lowest BCUT2D eigenvalue weighted by Crippen LogP contribution is -2.51. The van der Waals surface area contributed by atoms with Gasteiger partial charge in [-0.3, -0.25) is 14.7 Å². The molecule has 11 nitrogen and oxygen atoms in total. The summed E-state index contributed by atoms with van der Waals surface area (Å²) in [5, 5.41) is 11.8. The van der Waals surface area contributed by atoms with Crippen molar-refractivity contribution >= 4 is 33.5 Å². The van der Waals surface area contributed by atoms with Crippen LogP contribution in [0, 0.1) is 25.7 Å². The van der Waals surface area contributed by atoms with E-state index >= 15 is 0 Å². The highest BCUT2D eigenvalue weighted by Crippen LogP contribution is 2.38. The van der Waals surface area contributed by atoms with E-state index < -0.39 is 34.2 Å². The number of nitrogens with zero attached hydrogens (tertiary/aromatic N) is 3. The van der Waals surface area contributed by atoms with E-state index in [-0.39, 0.29) is 88.6 Å². The van der Waals surface area contributed by atoms with Crippen LogP contribution in [0.4, 0.5) is 23.7 Å². The third-order valence-corrected chi connectivity index (χ3v) is 11.4. The number of hydrogen-bond donors (Lipinski definition) is 3. The molecular weight excluding hydrogens is 627 g/mol. The first-order valence-electron chi connectivity index (χ1n) is 16.0. The number of benzene rings is 1. The number of sulfonamides is 1. The van der Waals surface area contributed by atoms with Gasteiger partial charge in [0, 0.05) is 31.1 Å². The molecule has 1 saturated heterocycles. The van der Waals surface area contributed by atoms with E-state index in [1.165, 1.54) is 9.21 Å². The lowest BCUT2D eigenvalue weighted by molar-refractivity contribution is -0.138. The summed E-state index contributed by atoms with van der Waals surface area (Å²) < 4.78 is 71.3. The maximum absolute atomic E-state index is 13.4. The van der Waals surface area contributed by atoms with Crippen LogP contribution < -0.4 is 16.0 Å². The Hall–Kier alpha value is -2.75. The monoisotopic (exact) mass is 673 g/mol. The van der Waals surface area contributed by atoms with Crippen LogP contribution in [-0.2, 0) is 26.0 Å². The van der Waals surface area contributed by atoms with Gasteiger partial charge in [0.05, 0.1) is 32.1 Å². The zero-order chi connectivity index (χ0) is 33.7. The van der Waals surface area contributed by atoms with Gasteiger partial charge in [0.2, 0.25) is 10.0 Å². The van der Waals surface area contributed by atoms with E-state index in [2.05, 4.69) is 5.32 Å². The van der Waals surface area contributed by atoms with Crippen molar-refractivity contribution in [1.29, 1.82) is 0 Å². The highest BCUT2D eigenvalue weighted by atomic mass is 32.2. The molecule has 1 spiro atoms. The number of carbonyl (C=O) groups is 2. The molecule has 4 N–H and O–H groups in total. The molecule has 2 aliphatic heterocycles. The van der Waals surface area contributed by atoms with Gasteiger partial charge in [0.15, 0.2) is 0 Å². The summed E-state index contributed by atoms with van der Waals surface area (Å²) in [6.45, 7) is 4.46. The summed E-state index contributed by atoms with van der Waals surface area (Å²) in [4.78, 5) is 31.3. The Morgan fingerprint density at radius 3 is 2.35 bits per heavy atom. The second-order valence-electron chi connectivity index (χ2n) is 12.7. The molecule has 2 heterocycles. The number of primary amides is 1. The molecule has 0 unspecified atom stereocenters. The first kappa shape index (κ1) is 36.1. The maximum Gasteiger partial charge on any atom is 0.389 e. The standard InChI is InChI=1S/C31H46F3N5O6S/c1-21-19-25(39(29(35)42)14-16-45-17-15-40)20-22(2)26(21)8-18-46(43,44)38-12-10-30(11-13-38)28(41)36-27(37-30)24-5-3-23(4-6-24)7-9-31(32,33)34/h19-20,23-24,40H,3-18H2,1-2H3,(H2,35,42)(H,36,37,41). The number of nitrogens with one attached hydrogen (secondary N) is 1. The Morgan fingerprint density at radius 2 is 1.78 bits per heavy atom. The predicted molar refractivity (Wildman–Crippen MR) is 168 cm³/mol. The highest BCUT2D eigenvalue weighted by Gasteiger charge is 2.48. The lowest BCUT2D eigenvalue weighted by atomic mass is 9.79. The van der Waals surface area contributed by atoms with Crippen LogP contribution in [0.25, 0.3) is 0 Å². The zero-order valence-electron chi connectivity index (χ0n) is 26.6. The summed E-state index contributed by atoms with van der Waals surface area (Å²) in [6.07, 6.45) is -1.30. The van der Waals surface area contributed by atoms with E-state index in [9.17, 15) is 31.2 Å². The van der Waals surface area contributed by atoms with Gasteiger partial charge in [-0.15, -0.1) is 0 Å². The van der Waals surface area contributed by atoms with Gasteiger partial charge in [-0.25, -0.2) is 17.5 Å². The molecule has 0 aromatic heterocycles. The third kappa shape index (κ3) is 8.98. The Labute approximate surface area is 268 Å². The van der Waals surface area contributed by atoms with Crippen LogP contribution in [-0.4, -0.2) is 92.5 Å². The first-order chi connectivity index (χ1) is 21.6. The minimum Gasteiger partial charge on any atom is -0.394 e. The van der Waals surface area contributed by atoms with Crippen molar-refractivity contribution in [2.45, 2.75) is 83.4 Å². The van der Waals surface area contributed by atoms with E-state index in [1.807, 2.05) is 13.8 Å². The molecule has 258 valence electrons. The molecule has 15 heteroatoms. The number of aliphatic imine (C=N–C) groups is 1. The molecule has 1 aliphatic carbocycles. The van der Waals surface area contributed by atoms with E-state index in [0.717, 1.165) is 16.7 Å². The van der Waals surface area contributed by atoms with Crippen molar-refractivity contribution < 1.29 is 41.0 Å². The van der Waals surface area contributed by atoms with Crippen LogP contribution in [0.1, 0.15) is 68.1 Å². The molecule has 1 aromatic carbocycles. The van der Waals surface area contributed by atoms with E-state index in [1.54, 1.807) is 12.1 Å². The number of aryl methyl sites for hydroxylation is 2. The number of carbonyl (C=O) groups excluding carboxylic acids is 2. The molecule has 3 amide bonds. The van der Waals surface area contributed by atoms with Gasteiger partial charge in [0.25, 0.3) is 5.91 Å². The number of urea groups is 1. The molecule has 1 aromatic rings. The smallest absolute Gasteiger partial charge is 0.389 e. The number of ether oxygens (including phenoxy) is 1. The summed E-state index contributed by atoms with van der Waals surface area (Å²) in [5.41, 5.74) is 7.65. The van der Waals surface area contributed by atoms with Crippen molar-refractivity contribution in [1.82, 2.24) is 9.62 Å². The van der Waals surface area contributed by atoms with Crippen LogP contribution in [0.2, 0.25) is 0 Å². The number of rotatable bonds is 13. The number of nitrogens with two attached hydrogens (primary N) is 1. The quantitative estimate of drug-likeness (QED) is 0.272. The molecule has 3 aliphatic rings. The number of alkyl halides is 3. The number of anilines is 1. The molecule has 1 saturated carbocycles. The molecule has 4 rings (SSSR count). The number of aliphatic hydroxyl groups excluding tert-OH is 1. The predicted octanol–water partition coefficient (Wildman–Crippen LogP) is 3.58. The summed E-state index contributed by atoms with van der Waals surface area (Å²) >= 11 is 0. The lowest BCUT2D eigenvalue weighted by Gasteiger charge is -2.35. The minimum absolute atomic E-state index is 0.000242. The second-order valence-corrected chi connectivity index (χ2v) is 14.8. The Kier molecular flexibility index (Phi) is 11.8. The molecule has 0 bridgehead atoms. The average molecular weight is 674 g/mol. The minimum atomic E-state index is -4.15. The molecular formula is C31H46F3N5O6S. The number of amides is 3. The average Bonchev–Trinajstić information content (AvgIpc) is 3.30. The van der Waals surface area contributed by atoms with Gasteiger partial charge in [0.1, 0.15) is 11.4 Å². The summed E-state index contributed by atoms with van der Waals surface area (Å²) in [5.74, 6) is 0.275. The largest absolute Gasteiger partial charge is 0.394 e. The van der Waals surface area contributed by atoms with Crippen molar-refractivity contribution in [3.8, 4) is 0 Å². The Balaban J connectivity index is 1.32. The third-order valence-electron chi connectivity index (χ3n) is 9.57. The SMILES string of the molecule is Cc1cc(N(CCOCCO)C(N)=O)cc(C)c1CCS(=O)(=O)N1CCC2(CC1)N=C(C1CCC(CCC(F)(F)F)CC1)NC2=O. The van der Waals surface area contributed by atoms with Crippen molar-refractivity contribution in [2.75, 3.05) is 50.1 Å². The van der Waals surface area contributed by atoms with Gasteiger partial charge >= 0.3 is 12.2 Å². The van der Waals surface area contributed by atoms with E-state index in [4.69, 9.17) is 20.6 Å². The second kappa shape index (κ2) is 15.0. The number of aliphatic hydroxyl groups is 1. The molecule has 2 fully saturated rings. The number of hydrogen-bond acceptors (Lipinski definition) is 7. The summed E-state index contributed by atoms with van der Waals surface area (Å²) in [6, 6.07) is 2.93. The van der Waals surface area contributed by atoms with Gasteiger partial charge in [-0.05, 0) is 100.0 Å². The molecule has 0 atom stereocenters. The topological polar surface area (TPSA) is 155 Å². The van der Waals surface area contributed by atoms with Crippen LogP contribution in [0.3, 0.4) is 0 Å². The van der Waals surface area contributed by atoms with Crippen molar-refractivity contribution in [2.24, 2.45) is 22.6 Å². The number of halogens is 3. The van der Waals surface area contributed by atoms with Gasteiger partial charge in [-0.1, -0.05) is 0 Å². The fourth-order valence-corrected chi connectivity index (χ4v) is 8.33. The fourth-order valence-electron chi connectivity index (χ4n) is 6.87. The normalized spacial score (nSPS) is 22.1. The maximum atomic E-state index is 13.4. The van der Waals surface area contributed by atoms with Gasteiger partial charge in [-0.2, -0.15) is 13.2 Å². The van der Waals surface area contributed by atoms with Crippen LogP contribution in [0.5, 0.6) is 0 Å².